The first kappa shape index (κ1) is 21.9. The molecule has 1 amide bonds. The van der Waals surface area contributed by atoms with Crippen molar-refractivity contribution in [1.82, 2.24) is 4.31 Å². The molecule has 2 heterocycles. The SMILES string of the molecule is Cc1ccc(S(=O)(=O)N(CC(=O)Nc2ccc3c(c2)OCCO3)Cc2ccco2)cc1C. The van der Waals surface area contributed by atoms with Crippen molar-refractivity contribution >= 4 is 21.6 Å². The average molecular weight is 457 g/mol. The van der Waals surface area contributed by atoms with Crippen LogP contribution in [-0.2, 0) is 21.4 Å². The van der Waals surface area contributed by atoms with E-state index >= 15 is 0 Å². The molecule has 1 aliphatic heterocycles. The summed E-state index contributed by atoms with van der Waals surface area (Å²) in [6.45, 7) is 4.19. The lowest BCUT2D eigenvalue weighted by Gasteiger charge is -2.22. The Kier molecular flexibility index (Phi) is 6.20. The van der Waals surface area contributed by atoms with Crippen LogP contribution < -0.4 is 14.8 Å². The maximum Gasteiger partial charge on any atom is 0.243 e. The second-order valence-corrected chi connectivity index (χ2v) is 9.44. The zero-order valence-electron chi connectivity index (χ0n) is 17.8. The number of anilines is 1. The van der Waals surface area contributed by atoms with Crippen LogP contribution in [0.15, 0.2) is 64.1 Å². The molecule has 0 bridgehead atoms. The Hall–Kier alpha value is -3.30. The molecule has 8 nitrogen and oxygen atoms in total. The zero-order chi connectivity index (χ0) is 22.7. The lowest BCUT2D eigenvalue weighted by atomic mass is 10.1. The van der Waals surface area contributed by atoms with E-state index in [1.807, 2.05) is 13.8 Å². The van der Waals surface area contributed by atoms with Gasteiger partial charge in [0.2, 0.25) is 15.9 Å². The van der Waals surface area contributed by atoms with Gasteiger partial charge < -0.3 is 19.2 Å². The van der Waals surface area contributed by atoms with Crippen LogP contribution in [0.1, 0.15) is 16.9 Å². The van der Waals surface area contributed by atoms with Crippen molar-refractivity contribution in [3.8, 4) is 11.5 Å². The zero-order valence-corrected chi connectivity index (χ0v) is 18.6. The first-order valence-corrected chi connectivity index (χ1v) is 11.6. The molecule has 3 aromatic rings. The van der Waals surface area contributed by atoms with Gasteiger partial charge in [0.1, 0.15) is 19.0 Å². The van der Waals surface area contributed by atoms with E-state index in [0.29, 0.717) is 36.2 Å². The van der Waals surface area contributed by atoms with Crippen molar-refractivity contribution in [1.29, 1.82) is 0 Å². The van der Waals surface area contributed by atoms with Crippen molar-refractivity contribution in [3.05, 3.63) is 71.7 Å². The number of nitrogens with one attached hydrogen (secondary N) is 1. The Bertz CT molecular complexity index is 1220. The Morgan fingerprint density at radius 2 is 1.78 bits per heavy atom. The Morgan fingerprint density at radius 1 is 1.00 bits per heavy atom. The number of fused-ring (bicyclic) bond motifs is 1. The second-order valence-electron chi connectivity index (χ2n) is 7.51. The molecular formula is C23H24N2O6S. The molecule has 0 spiro atoms. The maximum atomic E-state index is 13.4. The van der Waals surface area contributed by atoms with Crippen LogP contribution >= 0.6 is 0 Å². The van der Waals surface area contributed by atoms with E-state index in [1.165, 1.54) is 6.26 Å². The van der Waals surface area contributed by atoms with Gasteiger partial charge >= 0.3 is 0 Å². The fourth-order valence-corrected chi connectivity index (χ4v) is 4.76. The van der Waals surface area contributed by atoms with Crippen LogP contribution in [0.5, 0.6) is 11.5 Å². The van der Waals surface area contributed by atoms with Gasteiger partial charge in [0.05, 0.1) is 24.2 Å². The first-order valence-electron chi connectivity index (χ1n) is 10.1. The number of rotatable bonds is 7. The van der Waals surface area contributed by atoms with Crippen molar-refractivity contribution in [2.24, 2.45) is 0 Å². The summed E-state index contributed by atoms with van der Waals surface area (Å²) in [5, 5.41) is 2.73. The molecule has 1 aliphatic rings. The van der Waals surface area contributed by atoms with Gasteiger partial charge in [-0.2, -0.15) is 4.31 Å². The molecule has 4 rings (SSSR count). The lowest BCUT2D eigenvalue weighted by molar-refractivity contribution is -0.116. The minimum absolute atomic E-state index is 0.0726. The Balaban J connectivity index is 1.56. The molecule has 0 unspecified atom stereocenters. The molecule has 1 N–H and O–H groups in total. The highest BCUT2D eigenvalue weighted by Crippen LogP contribution is 2.32. The van der Waals surface area contributed by atoms with Crippen LogP contribution in [-0.4, -0.2) is 38.4 Å². The Labute approximate surface area is 186 Å². The van der Waals surface area contributed by atoms with E-state index in [0.717, 1.165) is 15.4 Å². The van der Waals surface area contributed by atoms with E-state index in [-0.39, 0.29) is 18.0 Å². The van der Waals surface area contributed by atoms with Crippen LogP contribution in [0.4, 0.5) is 5.69 Å². The van der Waals surface area contributed by atoms with E-state index in [9.17, 15) is 13.2 Å². The standard InChI is InChI=1S/C23H24N2O6S/c1-16-5-7-20(12-17(16)2)32(27,28)25(14-19-4-3-9-29-19)15-23(26)24-18-6-8-21-22(13-18)31-11-10-30-21/h3-9,12-13H,10-11,14-15H2,1-2H3,(H,24,26). The number of hydrogen-bond acceptors (Lipinski definition) is 6. The quantitative estimate of drug-likeness (QED) is 0.584. The minimum atomic E-state index is -3.95. The lowest BCUT2D eigenvalue weighted by Crippen LogP contribution is -2.37. The molecule has 0 aliphatic carbocycles. The van der Waals surface area contributed by atoms with Crippen molar-refractivity contribution < 1.29 is 27.1 Å². The van der Waals surface area contributed by atoms with E-state index in [4.69, 9.17) is 13.9 Å². The average Bonchev–Trinajstić information content (AvgIpc) is 3.28. The molecule has 0 radical (unpaired) electrons. The van der Waals surface area contributed by atoms with Crippen molar-refractivity contribution in [2.45, 2.75) is 25.3 Å². The number of hydrogen-bond donors (Lipinski definition) is 1. The largest absolute Gasteiger partial charge is 0.486 e. The summed E-state index contributed by atoms with van der Waals surface area (Å²) < 4.78 is 44.2. The monoisotopic (exact) mass is 456 g/mol. The van der Waals surface area contributed by atoms with E-state index in [2.05, 4.69) is 5.32 Å². The number of nitrogens with zero attached hydrogens (tertiary/aromatic N) is 1. The van der Waals surface area contributed by atoms with E-state index < -0.39 is 15.9 Å². The fraction of sp³-hybridized carbons (Fsp3) is 0.261. The normalized spacial score (nSPS) is 13.2. The molecule has 2 aromatic carbocycles. The predicted octanol–water partition coefficient (Wildman–Crippen LogP) is 3.50. The molecule has 0 fully saturated rings. The van der Waals surface area contributed by atoms with Crippen LogP contribution in [0.25, 0.3) is 0 Å². The highest BCUT2D eigenvalue weighted by molar-refractivity contribution is 7.89. The summed E-state index contributed by atoms with van der Waals surface area (Å²) in [7, 11) is -3.95. The highest BCUT2D eigenvalue weighted by Gasteiger charge is 2.28. The number of amides is 1. The van der Waals surface area contributed by atoms with Crippen LogP contribution in [0.2, 0.25) is 0 Å². The summed E-state index contributed by atoms with van der Waals surface area (Å²) >= 11 is 0. The van der Waals surface area contributed by atoms with Crippen molar-refractivity contribution in [3.63, 3.8) is 0 Å². The van der Waals surface area contributed by atoms with Crippen molar-refractivity contribution in [2.75, 3.05) is 25.1 Å². The van der Waals surface area contributed by atoms with Gasteiger partial charge in [-0.25, -0.2) is 8.42 Å². The van der Waals surface area contributed by atoms with Gasteiger partial charge in [0.25, 0.3) is 0 Å². The molecular weight excluding hydrogens is 432 g/mol. The summed E-state index contributed by atoms with van der Waals surface area (Å²) in [6, 6.07) is 13.3. The number of benzene rings is 2. The maximum absolute atomic E-state index is 13.4. The third kappa shape index (κ3) is 4.79. The number of carbonyl (C=O) groups is 1. The fourth-order valence-electron chi connectivity index (χ4n) is 3.31. The van der Waals surface area contributed by atoms with Gasteiger partial charge in [0.15, 0.2) is 11.5 Å². The van der Waals surface area contributed by atoms with Crippen LogP contribution in [0, 0.1) is 13.8 Å². The number of carbonyl (C=O) groups excluding carboxylic acids is 1. The van der Waals surface area contributed by atoms with Crippen LogP contribution in [0.3, 0.4) is 0 Å². The van der Waals surface area contributed by atoms with Gasteiger partial charge in [-0.1, -0.05) is 6.07 Å². The Morgan fingerprint density at radius 3 is 2.50 bits per heavy atom. The van der Waals surface area contributed by atoms with Gasteiger partial charge in [-0.3, -0.25) is 4.79 Å². The molecule has 0 saturated heterocycles. The highest BCUT2D eigenvalue weighted by atomic mass is 32.2. The third-order valence-electron chi connectivity index (χ3n) is 5.17. The predicted molar refractivity (Wildman–Crippen MR) is 118 cm³/mol. The molecule has 1 aromatic heterocycles. The van der Waals surface area contributed by atoms with Gasteiger partial charge in [-0.15, -0.1) is 0 Å². The number of furan rings is 1. The van der Waals surface area contributed by atoms with Gasteiger partial charge in [0, 0.05) is 11.8 Å². The minimum Gasteiger partial charge on any atom is -0.486 e. The summed E-state index contributed by atoms with van der Waals surface area (Å²) in [5.41, 5.74) is 2.32. The molecule has 0 atom stereocenters. The third-order valence-corrected chi connectivity index (χ3v) is 6.96. The molecule has 32 heavy (non-hydrogen) atoms. The summed E-state index contributed by atoms with van der Waals surface area (Å²) in [4.78, 5) is 12.9. The molecule has 9 heteroatoms. The summed E-state index contributed by atoms with van der Waals surface area (Å²) in [6.07, 6.45) is 1.46. The second kappa shape index (κ2) is 9.05. The molecule has 0 saturated carbocycles. The van der Waals surface area contributed by atoms with E-state index in [1.54, 1.807) is 48.5 Å². The first-order chi connectivity index (χ1) is 15.3. The topological polar surface area (TPSA) is 98.1 Å². The van der Waals surface area contributed by atoms with Gasteiger partial charge in [-0.05, 0) is 61.4 Å². The number of sulfonamides is 1. The number of aryl methyl sites for hydroxylation is 2. The smallest absolute Gasteiger partial charge is 0.243 e. The summed E-state index contributed by atoms with van der Waals surface area (Å²) in [5.74, 6) is 1.08. The number of ether oxygens (including phenoxy) is 2. The molecule has 168 valence electrons.